The number of fused-ring (bicyclic) bond motifs is 1. The monoisotopic (exact) mass is 558 g/mol. The minimum atomic E-state index is -0.900. The fraction of sp³-hybridized carbons (Fsp3) is 0.448. The van der Waals surface area contributed by atoms with Crippen molar-refractivity contribution in [2.75, 3.05) is 39.6 Å². The summed E-state index contributed by atoms with van der Waals surface area (Å²) in [6, 6.07) is 13.5. The third-order valence-electron chi connectivity index (χ3n) is 7.49. The number of rotatable bonds is 12. The van der Waals surface area contributed by atoms with Crippen molar-refractivity contribution in [3.63, 3.8) is 0 Å². The summed E-state index contributed by atoms with van der Waals surface area (Å²) in [5.41, 5.74) is 0.428. The molecule has 1 aromatic heterocycles. The van der Waals surface area contributed by atoms with Crippen molar-refractivity contribution < 1.29 is 24.5 Å². The van der Waals surface area contributed by atoms with E-state index in [0.717, 1.165) is 42.9 Å². The number of aliphatic hydroxyl groups is 1. The Hall–Kier alpha value is -2.52. The maximum atomic E-state index is 12.4. The Balaban J connectivity index is 1.32. The Morgan fingerprint density at radius 1 is 1.16 bits per heavy atom. The van der Waals surface area contributed by atoms with Gasteiger partial charge in [-0.3, -0.25) is 9.78 Å². The smallest absolute Gasteiger partial charge is 0.309 e. The van der Waals surface area contributed by atoms with Crippen molar-refractivity contribution in [2.45, 2.75) is 43.1 Å². The van der Waals surface area contributed by atoms with Gasteiger partial charge in [0.15, 0.2) is 0 Å². The van der Waals surface area contributed by atoms with Crippen LogP contribution in [0.25, 0.3) is 10.9 Å². The van der Waals surface area contributed by atoms with Crippen LogP contribution in [0.3, 0.4) is 0 Å². The molecule has 38 heavy (non-hydrogen) atoms. The van der Waals surface area contributed by atoms with E-state index in [1.165, 1.54) is 11.1 Å². The van der Waals surface area contributed by atoms with Gasteiger partial charge in [-0.25, -0.2) is 0 Å². The highest BCUT2D eigenvalue weighted by Gasteiger charge is 2.41. The van der Waals surface area contributed by atoms with E-state index >= 15 is 0 Å². The highest BCUT2D eigenvalue weighted by Crippen LogP contribution is 2.41. The van der Waals surface area contributed by atoms with Gasteiger partial charge in [0.05, 0.1) is 36.3 Å². The Morgan fingerprint density at radius 2 is 1.89 bits per heavy atom. The van der Waals surface area contributed by atoms with Crippen LogP contribution in [-0.2, 0) is 4.79 Å². The number of carbonyl (C=O) groups is 1. The zero-order valence-electron chi connectivity index (χ0n) is 21.9. The van der Waals surface area contributed by atoms with Gasteiger partial charge in [0.1, 0.15) is 11.5 Å². The molecular formula is C29H35ClN2O5S. The number of likely N-dealkylation sites (tertiary alicyclic amines) is 1. The predicted molar refractivity (Wildman–Crippen MR) is 152 cm³/mol. The first-order valence-corrected chi connectivity index (χ1v) is 14.2. The van der Waals surface area contributed by atoms with Gasteiger partial charge in [-0.15, -0.1) is 11.8 Å². The van der Waals surface area contributed by atoms with E-state index in [9.17, 15) is 15.0 Å². The van der Waals surface area contributed by atoms with Crippen molar-refractivity contribution in [3.8, 4) is 11.5 Å². The molecule has 3 aromatic rings. The van der Waals surface area contributed by atoms with Crippen LogP contribution in [-0.4, -0.2) is 65.7 Å². The van der Waals surface area contributed by atoms with Gasteiger partial charge in [-0.1, -0.05) is 17.7 Å². The van der Waals surface area contributed by atoms with Crippen molar-refractivity contribution in [1.29, 1.82) is 0 Å². The summed E-state index contributed by atoms with van der Waals surface area (Å²) in [6.45, 7) is 2.42. The molecule has 1 aliphatic rings. The molecule has 204 valence electrons. The highest BCUT2D eigenvalue weighted by molar-refractivity contribution is 7.99. The number of hydrogen-bond acceptors (Lipinski definition) is 7. The molecule has 9 heteroatoms. The second-order valence-electron chi connectivity index (χ2n) is 9.77. The maximum Gasteiger partial charge on any atom is 0.309 e. The highest BCUT2D eigenvalue weighted by atomic mass is 35.5. The number of carboxylic acid groups (broad SMARTS) is 1. The van der Waals surface area contributed by atoms with Crippen LogP contribution in [0.4, 0.5) is 0 Å². The number of methoxy groups -OCH3 is 2. The van der Waals surface area contributed by atoms with Crippen LogP contribution in [0.15, 0.2) is 53.6 Å². The van der Waals surface area contributed by atoms with Gasteiger partial charge >= 0.3 is 5.97 Å². The maximum absolute atomic E-state index is 12.4. The predicted octanol–water partition coefficient (Wildman–Crippen LogP) is 6.07. The number of pyridine rings is 1. The van der Waals surface area contributed by atoms with E-state index in [1.54, 1.807) is 26.0 Å². The number of aliphatic carboxylic acids is 1. The van der Waals surface area contributed by atoms with Gasteiger partial charge in [0.25, 0.3) is 0 Å². The number of carboxylic acids is 1. The lowest BCUT2D eigenvalue weighted by Gasteiger charge is -2.39. The van der Waals surface area contributed by atoms with Crippen molar-refractivity contribution >= 4 is 40.2 Å². The third-order valence-corrected chi connectivity index (χ3v) is 8.87. The molecule has 0 amide bonds. The molecule has 1 atom stereocenters. The number of aliphatic hydroxyl groups excluding tert-OH is 1. The molecule has 0 saturated carbocycles. The molecule has 0 spiro atoms. The Kier molecular flexibility index (Phi) is 9.76. The van der Waals surface area contributed by atoms with Crippen LogP contribution in [0, 0.1) is 5.41 Å². The Bertz CT molecular complexity index is 1250. The lowest BCUT2D eigenvalue weighted by molar-refractivity contribution is -0.153. The minimum absolute atomic E-state index is 0.305. The molecule has 2 N–H and O–H groups in total. The summed E-state index contributed by atoms with van der Waals surface area (Å²) in [5, 5.41) is 22.4. The molecule has 0 bridgehead atoms. The van der Waals surface area contributed by atoms with E-state index in [4.69, 9.17) is 21.1 Å². The van der Waals surface area contributed by atoms with Crippen LogP contribution in [0.1, 0.15) is 43.8 Å². The summed E-state index contributed by atoms with van der Waals surface area (Å²) < 4.78 is 10.6. The molecular weight excluding hydrogens is 524 g/mol. The number of halogens is 1. The number of piperidine rings is 1. The number of thioether (sulfide) groups is 1. The molecule has 1 saturated heterocycles. The van der Waals surface area contributed by atoms with E-state index < -0.39 is 17.5 Å². The molecule has 2 aromatic carbocycles. The normalized spacial score (nSPS) is 16.3. The summed E-state index contributed by atoms with van der Waals surface area (Å²) in [5.74, 6) is 1.71. The largest absolute Gasteiger partial charge is 0.497 e. The molecule has 4 rings (SSSR count). The zero-order chi connectivity index (χ0) is 27.1. The van der Waals surface area contributed by atoms with Crippen molar-refractivity contribution in [3.05, 3.63) is 59.2 Å². The summed E-state index contributed by atoms with van der Waals surface area (Å²) >= 11 is 8.26. The third kappa shape index (κ3) is 6.72. The summed E-state index contributed by atoms with van der Waals surface area (Å²) in [6.07, 6.45) is 3.48. The second-order valence-corrected chi connectivity index (χ2v) is 11.3. The van der Waals surface area contributed by atoms with E-state index in [-0.39, 0.29) is 0 Å². The molecule has 1 unspecified atom stereocenters. The molecule has 1 fully saturated rings. The number of hydrogen-bond donors (Lipinski definition) is 2. The number of aromatic nitrogens is 1. The number of ether oxygens (including phenoxy) is 2. The van der Waals surface area contributed by atoms with E-state index in [0.29, 0.717) is 47.5 Å². The number of benzene rings is 2. The molecule has 7 nitrogen and oxygen atoms in total. The van der Waals surface area contributed by atoms with E-state index in [2.05, 4.69) is 16.0 Å². The quantitative estimate of drug-likeness (QED) is 0.204. The van der Waals surface area contributed by atoms with Crippen LogP contribution in [0.5, 0.6) is 11.5 Å². The first-order chi connectivity index (χ1) is 18.3. The average Bonchev–Trinajstić information content (AvgIpc) is 2.94. The topological polar surface area (TPSA) is 92.1 Å². The minimum Gasteiger partial charge on any atom is -0.497 e. The average molecular weight is 559 g/mol. The molecule has 2 heterocycles. The molecule has 0 aliphatic carbocycles. The van der Waals surface area contributed by atoms with Gasteiger partial charge < -0.3 is 24.6 Å². The first-order valence-electron chi connectivity index (χ1n) is 12.9. The SMILES string of the molecule is COc1cccc(SCCCN2CCC(CCC(O)c3c(Cl)cnc4ccc(OC)cc34)(C(=O)O)CC2)c1. The Labute approximate surface area is 233 Å². The first kappa shape index (κ1) is 28.5. The van der Waals surface area contributed by atoms with Crippen molar-refractivity contribution in [1.82, 2.24) is 9.88 Å². The van der Waals surface area contributed by atoms with Crippen molar-refractivity contribution in [2.24, 2.45) is 5.41 Å². The van der Waals surface area contributed by atoms with Crippen LogP contribution < -0.4 is 9.47 Å². The fourth-order valence-corrected chi connectivity index (χ4v) is 6.30. The molecule has 1 aliphatic heterocycles. The lowest BCUT2D eigenvalue weighted by atomic mass is 9.74. The number of nitrogens with zero attached hydrogens (tertiary/aromatic N) is 2. The molecule has 0 radical (unpaired) electrons. The lowest BCUT2D eigenvalue weighted by Crippen LogP contribution is -2.44. The fourth-order valence-electron chi connectivity index (χ4n) is 5.14. The van der Waals surface area contributed by atoms with Crippen LogP contribution >= 0.6 is 23.4 Å². The standard InChI is InChI=1S/C29H35ClN2O5S/c1-36-20-5-3-6-22(17-20)38-16-4-13-32-14-11-29(12-15-32,28(34)35)10-9-26(33)27-23-18-21(37-2)7-8-25(23)31-19-24(27)30/h3,5-8,17-19,26,33H,4,9-16H2,1-2H3,(H,34,35). The second kappa shape index (κ2) is 13.0. The summed E-state index contributed by atoms with van der Waals surface area (Å²) in [7, 11) is 3.25. The van der Waals surface area contributed by atoms with Crippen LogP contribution in [0.2, 0.25) is 5.02 Å². The Morgan fingerprint density at radius 3 is 2.61 bits per heavy atom. The van der Waals surface area contributed by atoms with E-state index in [1.807, 2.05) is 36.4 Å². The van der Waals surface area contributed by atoms with Gasteiger partial charge in [0, 0.05) is 22.0 Å². The zero-order valence-corrected chi connectivity index (χ0v) is 23.4. The summed E-state index contributed by atoms with van der Waals surface area (Å²) in [4.78, 5) is 20.3. The van der Waals surface area contributed by atoms with Gasteiger partial charge in [-0.2, -0.15) is 0 Å². The van der Waals surface area contributed by atoms with Gasteiger partial charge in [-0.05, 0) is 93.9 Å². The van der Waals surface area contributed by atoms with Gasteiger partial charge in [0.2, 0.25) is 0 Å².